The molecule has 0 unspecified atom stereocenters. The van der Waals surface area contributed by atoms with Gasteiger partial charge in [0.25, 0.3) is 5.91 Å². The number of phenolic OH excluding ortho intramolecular Hbond substituents is 1. The van der Waals surface area contributed by atoms with Gasteiger partial charge < -0.3 is 10.2 Å². The lowest BCUT2D eigenvalue weighted by Gasteiger charge is -2.30. The van der Waals surface area contributed by atoms with Crippen molar-refractivity contribution >= 4 is 34.4 Å². The van der Waals surface area contributed by atoms with Crippen LogP contribution in [0.3, 0.4) is 0 Å². The Kier molecular flexibility index (Phi) is 5.17. The largest absolute Gasteiger partial charge is 0.505 e. The molecule has 2 N–H and O–H groups in total. The number of benzene rings is 2. The summed E-state index contributed by atoms with van der Waals surface area (Å²) in [7, 11) is 0. The summed E-state index contributed by atoms with van der Waals surface area (Å²) in [5, 5.41) is 20.2. The Balaban J connectivity index is 2.46. The predicted molar refractivity (Wildman–Crippen MR) is 109 cm³/mol. The summed E-state index contributed by atoms with van der Waals surface area (Å²) in [5.41, 5.74) is -0.562. The number of aromatic hydroxyl groups is 1. The second-order valence-corrected chi connectivity index (χ2v) is 8.00. The summed E-state index contributed by atoms with van der Waals surface area (Å²) >= 11 is 6.01. The highest BCUT2D eigenvalue weighted by atomic mass is 35.5. The molecule has 2 aromatic carbocycles. The number of nitrogens with zero attached hydrogens (tertiary/aromatic N) is 1. The first-order valence-electron chi connectivity index (χ1n) is 9.08. The summed E-state index contributed by atoms with van der Waals surface area (Å²) in [5.74, 6) is -3.59. The maximum absolute atomic E-state index is 15.1. The van der Waals surface area contributed by atoms with Crippen molar-refractivity contribution in [1.82, 2.24) is 4.57 Å². The van der Waals surface area contributed by atoms with Crippen molar-refractivity contribution < 1.29 is 24.2 Å². The Bertz CT molecular complexity index is 1150. The third-order valence-corrected chi connectivity index (χ3v) is 5.92. The van der Waals surface area contributed by atoms with Gasteiger partial charge in [0.2, 0.25) is 0 Å². The Morgan fingerprint density at radius 3 is 2.41 bits per heavy atom. The van der Waals surface area contributed by atoms with Crippen molar-refractivity contribution in [3.8, 4) is 5.75 Å². The minimum Gasteiger partial charge on any atom is -0.505 e. The van der Waals surface area contributed by atoms with Gasteiger partial charge in [-0.3, -0.25) is 14.2 Å². The maximum Gasteiger partial charge on any atom is 0.314 e. The summed E-state index contributed by atoms with van der Waals surface area (Å²) in [6.45, 7) is 6.52. The second kappa shape index (κ2) is 7.19. The Labute approximate surface area is 172 Å². The smallest absolute Gasteiger partial charge is 0.314 e. The molecule has 1 aromatic heterocycles. The number of hydrogen-bond donors (Lipinski definition) is 2. The average molecular weight is 418 g/mol. The van der Waals surface area contributed by atoms with Crippen molar-refractivity contribution in [2.45, 2.75) is 33.1 Å². The van der Waals surface area contributed by atoms with Gasteiger partial charge in [0.05, 0.1) is 10.9 Å². The number of carboxylic acids is 1. The molecule has 0 radical (unpaired) electrons. The number of halogens is 2. The lowest BCUT2D eigenvalue weighted by Crippen LogP contribution is -2.38. The highest BCUT2D eigenvalue weighted by Crippen LogP contribution is 2.43. The first-order valence-corrected chi connectivity index (χ1v) is 9.46. The molecule has 0 saturated heterocycles. The van der Waals surface area contributed by atoms with E-state index in [-0.39, 0.29) is 22.0 Å². The molecule has 1 heterocycles. The number of phenols is 1. The van der Waals surface area contributed by atoms with E-state index < -0.39 is 34.8 Å². The van der Waals surface area contributed by atoms with E-state index in [1.807, 2.05) is 0 Å². The van der Waals surface area contributed by atoms with Gasteiger partial charge in [-0.1, -0.05) is 31.5 Å². The van der Waals surface area contributed by atoms with Crippen LogP contribution in [0.15, 0.2) is 36.4 Å². The molecule has 0 amide bonds. The molecule has 0 aliphatic rings. The van der Waals surface area contributed by atoms with Gasteiger partial charge in [-0.2, -0.15) is 0 Å². The first kappa shape index (κ1) is 20.9. The van der Waals surface area contributed by atoms with Gasteiger partial charge in [-0.15, -0.1) is 0 Å². The van der Waals surface area contributed by atoms with Gasteiger partial charge in [0.15, 0.2) is 11.6 Å². The number of hydrogen-bond acceptors (Lipinski definition) is 3. The molecule has 5 nitrogen and oxygen atoms in total. The maximum atomic E-state index is 15.1. The van der Waals surface area contributed by atoms with E-state index in [9.17, 15) is 19.8 Å². The number of rotatable bonds is 4. The van der Waals surface area contributed by atoms with Crippen molar-refractivity contribution in [2.75, 3.05) is 0 Å². The first-order chi connectivity index (χ1) is 13.5. The summed E-state index contributed by atoms with van der Waals surface area (Å²) in [6, 6.07) is 8.88. The molecule has 0 bridgehead atoms. The fourth-order valence-electron chi connectivity index (χ4n) is 3.74. The zero-order valence-corrected chi connectivity index (χ0v) is 17.2. The zero-order valence-electron chi connectivity index (χ0n) is 16.5. The highest BCUT2D eigenvalue weighted by molar-refractivity contribution is 6.31. The summed E-state index contributed by atoms with van der Waals surface area (Å²) in [6.07, 6.45) is 0. The topological polar surface area (TPSA) is 79.5 Å². The van der Waals surface area contributed by atoms with E-state index >= 15 is 4.39 Å². The Morgan fingerprint density at radius 1 is 1.21 bits per heavy atom. The molecule has 1 atom stereocenters. The number of carboxylic acid groups (broad SMARTS) is 1. The van der Waals surface area contributed by atoms with E-state index in [4.69, 9.17) is 11.6 Å². The third-order valence-electron chi connectivity index (χ3n) is 5.68. The minimum absolute atomic E-state index is 0.0727. The average Bonchev–Trinajstić information content (AvgIpc) is 2.96. The monoisotopic (exact) mass is 417 g/mol. The molecule has 0 spiro atoms. The molecular formula is C22H21ClFNO4. The van der Waals surface area contributed by atoms with Crippen LogP contribution in [-0.2, 0) is 10.2 Å². The van der Waals surface area contributed by atoms with E-state index in [1.165, 1.54) is 23.6 Å². The highest BCUT2D eigenvalue weighted by Gasteiger charge is 2.44. The Hall–Kier alpha value is -2.86. The predicted octanol–water partition coefficient (Wildman–Crippen LogP) is 5.13. The van der Waals surface area contributed by atoms with Gasteiger partial charge in [-0.05, 0) is 50.1 Å². The molecule has 152 valence electrons. The molecule has 29 heavy (non-hydrogen) atoms. The number of aromatic nitrogens is 1. The molecule has 0 aliphatic carbocycles. The van der Waals surface area contributed by atoms with E-state index in [0.29, 0.717) is 10.7 Å². The van der Waals surface area contributed by atoms with Crippen LogP contribution in [-0.4, -0.2) is 26.7 Å². The number of carbonyl (C=O) groups excluding carboxylic acids is 1. The van der Waals surface area contributed by atoms with Crippen molar-refractivity contribution in [1.29, 1.82) is 0 Å². The van der Waals surface area contributed by atoms with Crippen LogP contribution in [0.4, 0.5) is 4.39 Å². The van der Waals surface area contributed by atoms with Crippen LogP contribution < -0.4 is 0 Å². The van der Waals surface area contributed by atoms with Crippen LogP contribution >= 0.6 is 11.6 Å². The van der Waals surface area contributed by atoms with Crippen LogP contribution in [0.5, 0.6) is 5.75 Å². The molecule has 3 rings (SSSR count). The molecule has 3 aromatic rings. The van der Waals surface area contributed by atoms with Gasteiger partial charge in [0, 0.05) is 27.2 Å². The molecule has 0 aliphatic heterocycles. The second-order valence-electron chi connectivity index (χ2n) is 7.57. The molecular weight excluding hydrogens is 397 g/mol. The van der Waals surface area contributed by atoms with Crippen molar-refractivity contribution in [3.05, 3.63) is 64.1 Å². The van der Waals surface area contributed by atoms with Gasteiger partial charge >= 0.3 is 5.97 Å². The number of aliphatic carboxylic acids is 1. The van der Waals surface area contributed by atoms with Crippen LogP contribution in [0, 0.1) is 18.7 Å². The number of fused-ring (bicyclic) bond motifs is 1. The normalized spacial score (nSPS) is 13.6. The fraction of sp³-hybridized carbons (Fsp3) is 0.273. The standard InChI is InChI=1S/C22H21ClFNO4/c1-11(2)22(4,21(28)29)18-12(3)25(15-8-9-16(26)19(24)17(15)18)20(27)13-6-5-7-14(23)10-13/h5-11,26H,1-4H3,(H,28,29)/t22-/m1/s1. The quantitative estimate of drug-likeness (QED) is 0.616. The lowest BCUT2D eigenvalue weighted by molar-refractivity contribution is -0.145. The van der Waals surface area contributed by atoms with E-state index in [1.54, 1.807) is 39.0 Å². The van der Waals surface area contributed by atoms with E-state index in [0.717, 1.165) is 6.07 Å². The molecule has 7 heteroatoms. The van der Waals surface area contributed by atoms with Crippen LogP contribution in [0.25, 0.3) is 10.9 Å². The van der Waals surface area contributed by atoms with Crippen molar-refractivity contribution in [3.63, 3.8) is 0 Å². The van der Waals surface area contributed by atoms with Crippen molar-refractivity contribution in [2.24, 2.45) is 5.92 Å². The minimum atomic E-state index is -1.49. The van der Waals surface area contributed by atoms with E-state index in [2.05, 4.69) is 0 Å². The van der Waals surface area contributed by atoms with Crippen LogP contribution in [0.1, 0.15) is 42.4 Å². The fourth-order valence-corrected chi connectivity index (χ4v) is 3.93. The summed E-state index contributed by atoms with van der Waals surface area (Å²) in [4.78, 5) is 25.5. The Morgan fingerprint density at radius 2 is 1.86 bits per heavy atom. The van der Waals surface area contributed by atoms with Gasteiger partial charge in [-0.25, -0.2) is 4.39 Å². The van der Waals surface area contributed by atoms with Gasteiger partial charge in [0.1, 0.15) is 0 Å². The third kappa shape index (κ3) is 3.08. The SMILES string of the molecule is Cc1c([C@](C)(C(=O)O)C(C)C)c2c(F)c(O)ccc2n1C(=O)c1cccc(Cl)c1. The lowest BCUT2D eigenvalue weighted by atomic mass is 9.72. The molecule has 0 fully saturated rings. The number of carbonyl (C=O) groups is 2. The summed E-state index contributed by atoms with van der Waals surface area (Å²) < 4.78 is 16.3. The van der Waals surface area contributed by atoms with Crippen LogP contribution in [0.2, 0.25) is 5.02 Å². The zero-order chi connectivity index (χ0) is 21.7. The molecule has 0 saturated carbocycles.